The van der Waals surface area contributed by atoms with Crippen LogP contribution in [-0.4, -0.2) is 24.0 Å². The highest BCUT2D eigenvalue weighted by Crippen LogP contribution is 2.19. The molecule has 2 aromatic rings. The van der Waals surface area contributed by atoms with E-state index in [1.165, 1.54) is 18.4 Å². The number of para-hydroxylation sites is 1. The van der Waals surface area contributed by atoms with Gasteiger partial charge in [-0.3, -0.25) is 15.0 Å². The van der Waals surface area contributed by atoms with Gasteiger partial charge in [0.1, 0.15) is 0 Å². The first-order valence-electron chi connectivity index (χ1n) is 6.48. The molecule has 7 nitrogen and oxygen atoms in total. The SMILES string of the molecule is COC(=O)Cc1ccccc1NC(=O)Cc1cnc(NN)s1. The molecule has 0 saturated carbocycles. The zero-order valence-corrected chi connectivity index (χ0v) is 12.8. The van der Waals surface area contributed by atoms with Gasteiger partial charge in [-0.1, -0.05) is 18.2 Å². The molecule has 22 heavy (non-hydrogen) atoms. The molecule has 0 saturated heterocycles. The van der Waals surface area contributed by atoms with Gasteiger partial charge in [0.25, 0.3) is 0 Å². The van der Waals surface area contributed by atoms with E-state index in [-0.39, 0.29) is 24.7 Å². The molecule has 0 aliphatic heterocycles. The van der Waals surface area contributed by atoms with E-state index in [1.54, 1.807) is 30.5 Å². The number of nitrogens with two attached hydrogens (primary N) is 1. The Morgan fingerprint density at radius 2 is 2.09 bits per heavy atom. The van der Waals surface area contributed by atoms with Crippen LogP contribution >= 0.6 is 11.3 Å². The van der Waals surface area contributed by atoms with E-state index in [9.17, 15) is 9.59 Å². The van der Waals surface area contributed by atoms with E-state index >= 15 is 0 Å². The number of thiazole rings is 1. The van der Waals surface area contributed by atoms with E-state index < -0.39 is 0 Å². The first-order chi connectivity index (χ1) is 10.6. The summed E-state index contributed by atoms with van der Waals surface area (Å²) in [6, 6.07) is 7.11. The van der Waals surface area contributed by atoms with Gasteiger partial charge in [0, 0.05) is 16.8 Å². The first kappa shape index (κ1) is 15.9. The normalized spacial score (nSPS) is 10.1. The van der Waals surface area contributed by atoms with E-state index in [2.05, 4.69) is 20.5 Å². The molecule has 1 aromatic carbocycles. The van der Waals surface area contributed by atoms with Crippen LogP contribution in [0.2, 0.25) is 0 Å². The van der Waals surface area contributed by atoms with Gasteiger partial charge in [0.15, 0.2) is 5.13 Å². The number of carbonyl (C=O) groups excluding carboxylic acids is 2. The van der Waals surface area contributed by atoms with Gasteiger partial charge in [-0.2, -0.15) is 0 Å². The smallest absolute Gasteiger partial charge is 0.310 e. The number of carbonyl (C=O) groups is 2. The molecule has 0 radical (unpaired) electrons. The Kier molecular flexibility index (Phi) is 5.45. The van der Waals surface area contributed by atoms with Gasteiger partial charge in [0.05, 0.1) is 20.0 Å². The average molecular weight is 320 g/mol. The van der Waals surface area contributed by atoms with Crippen LogP contribution in [0, 0.1) is 0 Å². The number of ether oxygens (including phenoxy) is 1. The number of nitrogens with zero attached hydrogens (tertiary/aromatic N) is 1. The van der Waals surface area contributed by atoms with Gasteiger partial charge >= 0.3 is 5.97 Å². The van der Waals surface area contributed by atoms with E-state index in [0.29, 0.717) is 16.4 Å². The molecule has 0 aliphatic rings. The Morgan fingerprint density at radius 3 is 2.77 bits per heavy atom. The summed E-state index contributed by atoms with van der Waals surface area (Å²) in [5.74, 6) is 4.70. The Morgan fingerprint density at radius 1 is 1.32 bits per heavy atom. The number of nitrogens with one attached hydrogen (secondary N) is 2. The molecule has 116 valence electrons. The second-order valence-electron chi connectivity index (χ2n) is 4.41. The molecule has 0 atom stereocenters. The van der Waals surface area contributed by atoms with Crippen molar-refractivity contribution in [2.24, 2.45) is 5.84 Å². The molecule has 0 spiro atoms. The Bertz CT molecular complexity index is 672. The number of hydrazine groups is 1. The maximum Gasteiger partial charge on any atom is 0.310 e. The number of aromatic nitrogens is 1. The molecule has 1 aromatic heterocycles. The lowest BCUT2D eigenvalue weighted by atomic mass is 10.1. The largest absolute Gasteiger partial charge is 0.469 e. The number of hydrogen-bond acceptors (Lipinski definition) is 7. The highest BCUT2D eigenvalue weighted by atomic mass is 32.1. The van der Waals surface area contributed by atoms with Gasteiger partial charge in [0.2, 0.25) is 5.91 Å². The summed E-state index contributed by atoms with van der Waals surface area (Å²) in [5, 5.41) is 3.35. The van der Waals surface area contributed by atoms with Crippen LogP contribution in [0.3, 0.4) is 0 Å². The van der Waals surface area contributed by atoms with Gasteiger partial charge in [-0.05, 0) is 11.6 Å². The maximum atomic E-state index is 12.1. The van der Waals surface area contributed by atoms with E-state index in [1.807, 2.05) is 0 Å². The summed E-state index contributed by atoms with van der Waals surface area (Å²) in [6.07, 6.45) is 1.89. The minimum absolute atomic E-state index is 0.106. The number of rotatable bonds is 6. The monoisotopic (exact) mass is 320 g/mol. The van der Waals surface area contributed by atoms with Crippen molar-refractivity contribution in [2.75, 3.05) is 17.9 Å². The molecule has 1 heterocycles. The molecule has 8 heteroatoms. The molecule has 0 unspecified atom stereocenters. The highest BCUT2D eigenvalue weighted by molar-refractivity contribution is 7.15. The van der Waals surface area contributed by atoms with Crippen molar-refractivity contribution in [1.29, 1.82) is 0 Å². The highest BCUT2D eigenvalue weighted by Gasteiger charge is 2.12. The topological polar surface area (TPSA) is 106 Å². The number of methoxy groups -OCH3 is 1. The summed E-state index contributed by atoms with van der Waals surface area (Å²) in [4.78, 5) is 28.3. The fraction of sp³-hybridized carbons (Fsp3) is 0.214. The summed E-state index contributed by atoms with van der Waals surface area (Å²) in [7, 11) is 1.33. The summed E-state index contributed by atoms with van der Waals surface area (Å²) in [6.45, 7) is 0. The molecule has 0 bridgehead atoms. The zero-order chi connectivity index (χ0) is 15.9. The van der Waals surface area contributed by atoms with Crippen molar-refractivity contribution in [3.63, 3.8) is 0 Å². The fourth-order valence-corrected chi connectivity index (χ4v) is 2.55. The van der Waals surface area contributed by atoms with Crippen LogP contribution in [0.5, 0.6) is 0 Å². The second kappa shape index (κ2) is 7.53. The maximum absolute atomic E-state index is 12.1. The summed E-state index contributed by atoms with van der Waals surface area (Å²) in [5.41, 5.74) is 3.73. The van der Waals surface area contributed by atoms with Crippen molar-refractivity contribution in [3.8, 4) is 0 Å². The number of amides is 1. The third-order valence-corrected chi connectivity index (χ3v) is 3.79. The summed E-state index contributed by atoms with van der Waals surface area (Å²) >= 11 is 1.31. The van der Waals surface area contributed by atoms with Crippen LogP contribution in [0.15, 0.2) is 30.5 Å². The first-order valence-corrected chi connectivity index (χ1v) is 7.30. The molecule has 1 amide bonds. The van der Waals surface area contributed by atoms with Crippen LogP contribution < -0.4 is 16.6 Å². The lowest BCUT2D eigenvalue weighted by molar-refractivity contribution is -0.139. The van der Waals surface area contributed by atoms with Crippen LogP contribution in [0.4, 0.5) is 10.8 Å². The quantitative estimate of drug-likeness (QED) is 0.421. The number of hydrogen-bond donors (Lipinski definition) is 3. The minimum Gasteiger partial charge on any atom is -0.469 e. The Labute approximate surface area is 131 Å². The van der Waals surface area contributed by atoms with E-state index in [0.717, 1.165) is 4.88 Å². The van der Waals surface area contributed by atoms with Crippen LogP contribution in [0.25, 0.3) is 0 Å². The number of anilines is 2. The second-order valence-corrected chi connectivity index (χ2v) is 5.53. The summed E-state index contributed by atoms with van der Waals surface area (Å²) < 4.78 is 4.65. The van der Waals surface area contributed by atoms with Gasteiger partial charge in [-0.25, -0.2) is 10.8 Å². The predicted molar refractivity (Wildman–Crippen MR) is 84.4 cm³/mol. The molecular weight excluding hydrogens is 304 g/mol. The van der Waals surface area contributed by atoms with Crippen molar-refractivity contribution in [1.82, 2.24) is 4.98 Å². The standard InChI is InChI=1S/C14H16N4O3S/c1-21-13(20)6-9-4-2-3-5-11(9)17-12(19)7-10-8-16-14(18-15)22-10/h2-5,8H,6-7,15H2,1H3,(H,16,18)(H,17,19). The minimum atomic E-state index is -0.359. The lowest BCUT2D eigenvalue weighted by Crippen LogP contribution is -2.16. The van der Waals surface area contributed by atoms with Crippen LogP contribution in [-0.2, 0) is 27.2 Å². The van der Waals surface area contributed by atoms with Crippen molar-refractivity contribution in [3.05, 3.63) is 40.9 Å². The average Bonchev–Trinajstić information content (AvgIpc) is 2.96. The number of esters is 1. The Balaban J connectivity index is 2.03. The van der Waals surface area contributed by atoms with Gasteiger partial charge in [-0.15, -0.1) is 11.3 Å². The zero-order valence-electron chi connectivity index (χ0n) is 12.0. The van der Waals surface area contributed by atoms with Crippen LogP contribution in [0.1, 0.15) is 10.4 Å². The van der Waals surface area contributed by atoms with Crippen molar-refractivity contribution in [2.45, 2.75) is 12.8 Å². The predicted octanol–water partition coefficient (Wildman–Crippen LogP) is 1.33. The third kappa shape index (κ3) is 4.27. The molecule has 0 fully saturated rings. The van der Waals surface area contributed by atoms with Crippen molar-refractivity contribution < 1.29 is 14.3 Å². The molecule has 2 rings (SSSR count). The third-order valence-electron chi connectivity index (χ3n) is 2.87. The van der Waals surface area contributed by atoms with Crippen molar-refractivity contribution >= 4 is 34.0 Å². The lowest BCUT2D eigenvalue weighted by Gasteiger charge is -2.09. The van der Waals surface area contributed by atoms with E-state index in [4.69, 9.17) is 5.84 Å². The number of benzene rings is 1. The van der Waals surface area contributed by atoms with Gasteiger partial charge < -0.3 is 10.1 Å². The fourth-order valence-electron chi connectivity index (χ4n) is 1.83. The Hall–Kier alpha value is -2.45. The molecule has 4 N–H and O–H groups in total. The number of nitrogen functional groups attached to an aromatic ring is 1. The molecule has 0 aliphatic carbocycles. The molecular formula is C14H16N4O3S.